The predicted octanol–water partition coefficient (Wildman–Crippen LogP) is 2.60. The van der Waals surface area contributed by atoms with Crippen LogP contribution in [0.4, 0.5) is 0 Å². The van der Waals surface area contributed by atoms with Crippen LogP contribution in [0.1, 0.15) is 31.2 Å². The second-order valence-electron chi connectivity index (χ2n) is 5.30. The largest absolute Gasteiger partial charge is 0.392 e. The van der Waals surface area contributed by atoms with E-state index < -0.39 is 0 Å². The first-order valence-electron chi connectivity index (χ1n) is 6.40. The van der Waals surface area contributed by atoms with Crippen molar-refractivity contribution >= 4 is 27.3 Å². The molecule has 3 nitrogen and oxygen atoms in total. The molecule has 1 aliphatic rings. The Morgan fingerprint density at radius 2 is 2.33 bits per heavy atom. The molecule has 4 unspecified atom stereocenters. The van der Waals surface area contributed by atoms with Gasteiger partial charge in [-0.05, 0) is 47.8 Å². The van der Waals surface area contributed by atoms with Crippen LogP contribution in [-0.4, -0.2) is 35.2 Å². The summed E-state index contributed by atoms with van der Waals surface area (Å²) < 4.78 is 1.11. The average Bonchev–Trinajstić information content (AvgIpc) is 2.70. The quantitative estimate of drug-likeness (QED) is 0.894. The van der Waals surface area contributed by atoms with Crippen LogP contribution in [0.15, 0.2) is 15.9 Å². The molecule has 4 atom stereocenters. The lowest BCUT2D eigenvalue weighted by atomic mass is 9.93. The summed E-state index contributed by atoms with van der Waals surface area (Å²) in [6, 6.07) is 2.42. The van der Waals surface area contributed by atoms with E-state index >= 15 is 0 Å². The number of nitrogens with two attached hydrogens (primary N) is 1. The summed E-state index contributed by atoms with van der Waals surface area (Å²) in [4.78, 5) is 3.60. The highest BCUT2D eigenvalue weighted by Crippen LogP contribution is 2.33. The van der Waals surface area contributed by atoms with Crippen molar-refractivity contribution in [1.29, 1.82) is 0 Å². The summed E-state index contributed by atoms with van der Waals surface area (Å²) in [5.74, 6) is 0.394. The molecule has 18 heavy (non-hydrogen) atoms. The third kappa shape index (κ3) is 3.14. The number of piperidine rings is 1. The van der Waals surface area contributed by atoms with Crippen LogP contribution in [0.2, 0.25) is 0 Å². The van der Waals surface area contributed by atoms with Gasteiger partial charge in [-0.25, -0.2) is 0 Å². The molecule has 1 aromatic heterocycles. The van der Waals surface area contributed by atoms with Crippen molar-refractivity contribution in [1.82, 2.24) is 4.90 Å². The fraction of sp³-hybridized carbons (Fsp3) is 0.692. The first-order valence-corrected chi connectivity index (χ1v) is 8.08. The lowest BCUT2D eigenvalue weighted by Gasteiger charge is -2.40. The fourth-order valence-corrected chi connectivity index (χ4v) is 4.27. The van der Waals surface area contributed by atoms with Gasteiger partial charge in [-0.15, -0.1) is 11.3 Å². The summed E-state index contributed by atoms with van der Waals surface area (Å²) in [5, 5.41) is 12.1. The van der Waals surface area contributed by atoms with Crippen molar-refractivity contribution < 1.29 is 5.11 Å². The zero-order chi connectivity index (χ0) is 13.3. The molecule has 2 rings (SSSR count). The maximum absolute atomic E-state index is 10.0. The highest BCUT2D eigenvalue weighted by Gasteiger charge is 2.32. The Bertz CT molecular complexity index is 396. The zero-order valence-electron chi connectivity index (χ0n) is 10.8. The number of aliphatic hydroxyl groups excluding tert-OH is 1. The van der Waals surface area contributed by atoms with Crippen molar-refractivity contribution in [3.63, 3.8) is 0 Å². The van der Waals surface area contributed by atoms with Gasteiger partial charge in [-0.1, -0.05) is 6.92 Å². The fourth-order valence-electron chi connectivity index (χ4n) is 2.58. The van der Waals surface area contributed by atoms with E-state index in [-0.39, 0.29) is 18.2 Å². The molecule has 0 radical (unpaired) electrons. The SMILES string of the molecule is CC(N)C(c1cc(Br)cs1)N1CCC(C)C(O)C1. The molecule has 1 aromatic rings. The number of thiophene rings is 1. The third-order valence-electron chi connectivity index (χ3n) is 3.72. The molecule has 0 aromatic carbocycles. The molecule has 0 bridgehead atoms. The van der Waals surface area contributed by atoms with Crippen LogP contribution in [0.5, 0.6) is 0 Å². The van der Waals surface area contributed by atoms with E-state index in [2.05, 4.69) is 39.2 Å². The van der Waals surface area contributed by atoms with E-state index in [1.165, 1.54) is 4.88 Å². The van der Waals surface area contributed by atoms with Crippen molar-refractivity contribution in [3.05, 3.63) is 20.8 Å². The van der Waals surface area contributed by atoms with Crippen molar-refractivity contribution in [2.45, 2.75) is 38.5 Å². The maximum atomic E-state index is 10.0. The number of nitrogens with zero attached hydrogens (tertiary/aromatic N) is 1. The average molecular weight is 333 g/mol. The zero-order valence-corrected chi connectivity index (χ0v) is 13.2. The number of hydrogen-bond donors (Lipinski definition) is 2. The van der Waals surface area contributed by atoms with Crippen LogP contribution >= 0.6 is 27.3 Å². The third-order valence-corrected chi connectivity index (χ3v) is 5.48. The Labute approximate surface area is 121 Å². The number of aliphatic hydroxyl groups is 1. The highest BCUT2D eigenvalue weighted by molar-refractivity contribution is 9.10. The molecule has 1 fully saturated rings. The van der Waals surface area contributed by atoms with Crippen LogP contribution in [0, 0.1) is 5.92 Å². The summed E-state index contributed by atoms with van der Waals surface area (Å²) in [5.41, 5.74) is 6.16. The lowest BCUT2D eigenvalue weighted by Crippen LogP contribution is -2.48. The van der Waals surface area contributed by atoms with Gasteiger partial charge in [0, 0.05) is 27.3 Å². The molecule has 0 aliphatic carbocycles. The van der Waals surface area contributed by atoms with Gasteiger partial charge < -0.3 is 10.8 Å². The molecular weight excluding hydrogens is 312 g/mol. The van der Waals surface area contributed by atoms with E-state index in [0.717, 1.165) is 24.0 Å². The van der Waals surface area contributed by atoms with Gasteiger partial charge in [0.25, 0.3) is 0 Å². The van der Waals surface area contributed by atoms with Gasteiger partial charge in [0.1, 0.15) is 0 Å². The summed E-state index contributed by atoms with van der Waals surface area (Å²) in [7, 11) is 0. The Kier molecular flexibility index (Phi) is 4.83. The van der Waals surface area contributed by atoms with E-state index in [1.54, 1.807) is 11.3 Å². The van der Waals surface area contributed by atoms with Gasteiger partial charge in [0.15, 0.2) is 0 Å². The van der Waals surface area contributed by atoms with E-state index in [9.17, 15) is 5.11 Å². The predicted molar refractivity (Wildman–Crippen MR) is 79.8 cm³/mol. The summed E-state index contributed by atoms with van der Waals surface area (Å²) in [6.45, 7) is 5.90. The second-order valence-corrected chi connectivity index (χ2v) is 7.16. The first-order chi connectivity index (χ1) is 8.49. The first kappa shape index (κ1) is 14.5. The van der Waals surface area contributed by atoms with Crippen molar-refractivity contribution in [2.24, 2.45) is 11.7 Å². The molecule has 0 spiro atoms. The molecule has 0 amide bonds. The minimum absolute atomic E-state index is 0.0659. The molecule has 1 aliphatic heterocycles. The second kappa shape index (κ2) is 6.01. The van der Waals surface area contributed by atoms with Crippen LogP contribution < -0.4 is 5.73 Å². The molecule has 5 heteroatoms. The molecular formula is C13H21BrN2OS. The van der Waals surface area contributed by atoms with Crippen molar-refractivity contribution in [3.8, 4) is 0 Å². The highest BCUT2D eigenvalue weighted by atomic mass is 79.9. The van der Waals surface area contributed by atoms with Gasteiger partial charge in [0.2, 0.25) is 0 Å². The minimum Gasteiger partial charge on any atom is -0.392 e. The Morgan fingerprint density at radius 3 is 2.83 bits per heavy atom. The molecule has 3 N–H and O–H groups in total. The lowest BCUT2D eigenvalue weighted by molar-refractivity contribution is 0.00611. The molecule has 102 valence electrons. The summed E-state index contributed by atoms with van der Waals surface area (Å²) in [6.07, 6.45) is 0.806. The number of likely N-dealkylation sites (tertiary alicyclic amines) is 1. The monoisotopic (exact) mass is 332 g/mol. The van der Waals surface area contributed by atoms with Crippen LogP contribution in [-0.2, 0) is 0 Å². The number of rotatable bonds is 3. The van der Waals surface area contributed by atoms with E-state index in [1.807, 2.05) is 6.92 Å². The number of halogens is 1. The van der Waals surface area contributed by atoms with Gasteiger partial charge in [-0.2, -0.15) is 0 Å². The van der Waals surface area contributed by atoms with Gasteiger partial charge in [0.05, 0.1) is 12.1 Å². The summed E-state index contributed by atoms with van der Waals surface area (Å²) >= 11 is 5.23. The van der Waals surface area contributed by atoms with E-state index in [4.69, 9.17) is 5.73 Å². The van der Waals surface area contributed by atoms with Gasteiger partial charge in [-0.3, -0.25) is 4.90 Å². The minimum atomic E-state index is -0.233. The van der Waals surface area contributed by atoms with Gasteiger partial charge >= 0.3 is 0 Å². The molecule has 2 heterocycles. The van der Waals surface area contributed by atoms with Crippen LogP contribution in [0.3, 0.4) is 0 Å². The van der Waals surface area contributed by atoms with Crippen molar-refractivity contribution in [2.75, 3.05) is 13.1 Å². The number of hydrogen-bond acceptors (Lipinski definition) is 4. The van der Waals surface area contributed by atoms with E-state index in [0.29, 0.717) is 5.92 Å². The van der Waals surface area contributed by atoms with Crippen LogP contribution in [0.25, 0.3) is 0 Å². The smallest absolute Gasteiger partial charge is 0.0693 e. The topological polar surface area (TPSA) is 49.5 Å². The molecule has 1 saturated heterocycles. The Balaban J connectivity index is 2.16. The normalized spacial score (nSPS) is 29.2. The number of β-amino-alcohol motifs (C(OH)–C–C–N with tert-alkyl or cyclic N) is 1. The Morgan fingerprint density at radius 1 is 1.61 bits per heavy atom. The molecule has 0 saturated carbocycles. The standard InChI is InChI=1S/C13H21BrN2OS/c1-8-3-4-16(6-11(8)17)13(9(2)15)12-5-10(14)7-18-12/h5,7-9,11,13,17H,3-4,6,15H2,1-2H3. The Hall–Kier alpha value is 0.0600. The maximum Gasteiger partial charge on any atom is 0.0693 e.